The first-order valence-corrected chi connectivity index (χ1v) is 10.4. The van der Waals surface area contributed by atoms with Gasteiger partial charge in [-0.2, -0.15) is 0 Å². The Bertz CT molecular complexity index is 1150. The molecule has 0 atom stereocenters. The molecule has 7 heteroatoms. The van der Waals surface area contributed by atoms with Crippen LogP contribution in [0.4, 0.5) is 0 Å². The van der Waals surface area contributed by atoms with Crippen LogP contribution < -0.4 is 10.1 Å². The molecule has 3 aromatic rings. The Labute approximate surface area is 187 Å². The van der Waals surface area contributed by atoms with Crippen molar-refractivity contribution >= 4 is 11.8 Å². The third kappa shape index (κ3) is 4.63. The van der Waals surface area contributed by atoms with E-state index in [0.717, 1.165) is 22.3 Å². The van der Waals surface area contributed by atoms with Crippen LogP contribution in [-0.4, -0.2) is 49.0 Å². The minimum absolute atomic E-state index is 0.0856. The van der Waals surface area contributed by atoms with E-state index in [4.69, 9.17) is 9.47 Å². The number of hydrogen-bond acceptors (Lipinski definition) is 5. The molecule has 0 saturated carbocycles. The van der Waals surface area contributed by atoms with Crippen molar-refractivity contribution in [1.82, 2.24) is 15.2 Å². The first kappa shape index (κ1) is 21.5. The normalized spacial score (nSPS) is 11.7. The van der Waals surface area contributed by atoms with Crippen LogP contribution >= 0.6 is 0 Å². The van der Waals surface area contributed by atoms with Gasteiger partial charge in [0.15, 0.2) is 0 Å². The van der Waals surface area contributed by atoms with Crippen molar-refractivity contribution in [3.63, 3.8) is 0 Å². The van der Waals surface area contributed by atoms with Crippen LogP contribution in [0.2, 0.25) is 0 Å². The number of amides is 2. The smallest absolute Gasteiger partial charge is 0.253 e. The van der Waals surface area contributed by atoms with E-state index < -0.39 is 0 Å². The SMILES string of the molecule is COCCN(C)C(=O)c1cccc(CNC(=O)c2ccc3c(c2)OCc2cnccc2-3)c1. The van der Waals surface area contributed by atoms with Gasteiger partial charge in [0.1, 0.15) is 12.4 Å². The number of carbonyl (C=O) groups is 2. The summed E-state index contributed by atoms with van der Waals surface area (Å²) in [6.07, 6.45) is 3.55. The Morgan fingerprint density at radius 3 is 2.84 bits per heavy atom. The highest BCUT2D eigenvalue weighted by molar-refractivity contribution is 5.96. The van der Waals surface area contributed by atoms with E-state index in [9.17, 15) is 9.59 Å². The molecule has 0 fully saturated rings. The van der Waals surface area contributed by atoms with Gasteiger partial charge in [-0.15, -0.1) is 0 Å². The Kier molecular flexibility index (Phi) is 6.47. The van der Waals surface area contributed by atoms with Gasteiger partial charge in [-0.05, 0) is 47.5 Å². The predicted molar refractivity (Wildman–Crippen MR) is 120 cm³/mol. The Morgan fingerprint density at radius 2 is 2.00 bits per heavy atom. The number of methoxy groups -OCH3 is 1. The molecule has 0 aliphatic carbocycles. The molecule has 0 spiro atoms. The van der Waals surface area contributed by atoms with Crippen molar-refractivity contribution in [1.29, 1.82) is 0 Å². The second kappa shape index (κ2) is 9.62. The summed E-state index contributed by atoms with van der Waals surface area (Å²) in [4.78, 5) is 31.0. The van der Waals surface area contributed by atoms with Crippen LogP contribution in [0.1, 0.15) is 31.8 Å². The zero-order chi connectivity index (χ0) is 22.5. The summed E-state index contributed by atoms with van der Waals surface area (Å²) in [6, 6.07) is 14.7. The average Bonchev–Trinajstić information content (AvgIpc) is 2.85. The summed E-state index contributed by atoms with van der Waals surface area (Å²) in [5.74, 6) is 0.395. The molecule has 4 rings (SSSR count). The molecule has 1 N–H and O–H groups in total. The minimum atomic E-state index is -0.203. The van der Waals surface area contributed by atoms with Gasteiger partial charge in [-0.25, -0.2) is 0 Å². The summed E-state index contributed by atoms with van der Waals surface area (Å²) >= 11 is 0. The number of rotatable bonds is 7. The summed E-state index contributed by atoms with van der Waals surface area (Å²) in [6.45, 7) is 1.73. The van der Waals surface area contributed by atoms with Crippen LogP contribution in [0.25, 0.3) is 11.1 Å². The number of fused-ring (bicyclic) bond motifs is 3. The van der Waals surface area contributed by atoms with E-state index in [2.05, 4.69) is 10.3 Å². The number of pyridine rings is 1. The fourth-order valence-electron chi connectivity index (χ4n) is 3.61. The van der Waals surface area contributed by atoms with Crippen LogP contribution in [0, 0.1) is 0 Å². The molecule has 2 heterocycles. The van der Waals surface area contributed by atoms with Gasteiger partial charge in [-0.1, -0.05) is 12.1 Å². The highest BCUT2D eigenvalue weighted by Gasteiger charge is 2.19. The monoisotopic (exact) mass is 431 g/mol. The summed E-state index contributed by atoms with van der Waals surface area (Å²) in [5, 5.41) is 2.92. The molecule has 0 saturated heterocycles. The van der Waals surface area contributed by atoms with Gasteiger partial charge in [0.05, 0.1) is 6.61 Å². The topological polar surface area (TPSA) is 80.8 Å². The van der Waals surface area contributed by atoms with Crippen molar-refractivity contribution in [2.75, 3.05) is 27.3 Å². The van der Waals surface area contributed by atoms with Gasteiger partial charge in [0.2, 0.25) is 0 Å². The third-order valence-electron chi connectivity index (χ3n) is 5.43. The van der Waals surface area contributed by atoms with Gasteiger partial charge in [-0.3, -0.25) is 14.6 Å². The molecule has 0 unspecified atom stereocenters. The van der Waals surface area contributed by atoms with E-state index in [1.165, 1.54) is 0 Å². The fourth-order valence-corrected chi connectivity index (χ4v) is 3.61. The van der Waals surface area contributed by atoms with Crippen molar-refractivity contribution in [3.05, 3.63) is 83.2 Å². The number of ether oxygens (including phenoxy) is 2. The standard InChI is InChI=1S/C25H25N3O4/c1-28(10-11-31-2)25(30)19-5-3-4-17(12-19)14-27-24(29)18-6-7-22-21-8-9-26-15-20(21)16-32-23(22)13-18/h3-9,12-13,15H,10-11,14,16H2,1-2H3,(H,27,29). The van der Waals surface area contributed by atoms with Crippen molar-refractivity contribution in [3.8, 4) is 16.9 Å². The summed E-state index contributed by atoms with van der Waals surface area (Å²) in [5.41, 5.74) is 5.00. The number of carbonyl (C=O) groups excluding carboxylic acids is 2. The number of likely N-dealkylation sites (N-methyl/N-ethyl adjacent to an activating group) is 1. The second-order valence-corrected chi connectivity index (χ2v) is 7.63. The van der Waals surface area contributed by atoms with E-state index in [1.807, 2.05) is 24.3 Å². The van der Waals surface area contributed by atoms with Crippen molar-refractivity contribution < 1.29 is 19.1 Å². The maximum absolute atomic E-state index is 12.7. The summed E-state index contributed by atoms with van der Waals surface area (Å²) < 4.78 is 10.9. The molecule has 0 bridgehead atoms. The number of nitrogens with one attached hydrogen (secondary N) is 1. The largest absolute Gasteiger partial charge is 0.488 e. The van der Waals surface area contributed by atoms with Gasteiger partial charge < -0.3 is 19.7 Å². The third-order valence-corrected chi connectivity index (χ3v) is 5.43. The molecular formula is C25H25N3O4. The Morgan fingerprint density at radius 1 is 1.12 bits per heavy atom. The van der Waals surface area contributed by atoms with Crippen molar-refractivity contribution in [2.24, 2.45) is 0 Å². The highest BCUT2D eigenvalue weighted by atomic mass is 16.5. The predicted octanol–water partition coefficient (Wildman–Crippen LogP) is 3.29. The maximum atomic E-state index is 12.7. The molecule has 2 aromatic carbocycles. The van der Waals surface area contributed by atoms with Gasteiger partial charge in [0.25, 0.3) is 11.8 Å². The molecule has 2 amide bonds. The van der Waals surface area contributed by atoms with Gasteiger partial charge in [0, 0.05) is 61.9 Å². The second-order valence-electron chi connectivity index (χ2n) is 7.63. The van der Waals surface area contributed by atoms with Crippen LogP contribution in [0.15, 0.2) is 60.9 Å². The van der Waals surface area contributed by atoms with E-state index in [-0.39, 0.29) is 11.8 Å². The molecule has 1 aliphatic heterocycles. The van der Waals surface area contributed by atoms with E-state index in [1.54, 1.807) is 55.7 Å². The minimum Gasteiger partial charge on any atom is -0.488 e. The molecule has 164 valence electrons. The Hall–Kier alpha value is -3.71. The highest BCUT2D eigenvalue weighted by Crippen LogP contribution is 2.37. The maximum Gasteiger partial charge on any atom is 0.253 e. The number of nitrogens with zero attached hydrogens (tertiary/aromatic N) is 2. The van der Waals surface area contributed by atoms with E-state index in [0.29, 0.717) is 43.2 Å². The van der Waals surface area contributed by atoms with Crippen LogP contribution in [-0.2, 0) is 17.9 Å². The zero-order valence-corrected chi connectivity index (χ0v) is 18.1. The van der Waals surface area contributed by atoms with Gasteiger partial charge >= 0.3 is 0 Å². The van der Waals surface area contributed by atoms with E-state index >= 15 is 0 Å². The number of benzene rings is 2. The van der Waals surface area contributed by atoms with Crippen LogP contribution in [0.3, 0.4) is 0 Å². The molecule has 32 heavy (non-hydrogen) atoms. The lowest BCUT2D eigenvalue weighted by Crippen LogP contribution is -2.30. The zero-order valence-electron chi connectivity index (χ0n) is 18.1. The number of hydrogen-bond donors (Lipinski definition) is 1. The molecular weight excluding hydrogens is 406 g/mol. The molecule has 1 aromatic heterocycles. The molecule has 1 aliphatic rings. The number of aromatic nitrogens is 1. The lowest BCUT2D eigenvalue weighted by atomic mass is 9.97. The molecule has 0 radical (unpaired) electrons. The Balaban J connectivity index is 1.42. The lowest BCUT2D eigenvalue weighted by Gasteiger charge is -2.20. The van der Waals surface area contributed by atoms with Crippen molar-refractivity contribution in [2.45, 2.75) is 13.2 Å². The first-order valence-electron chi connectivity index (χ1n) is 10.4. The molecule has 7 nitrogen and oxygen atoms in total. The fraction of sp³-hybridized carbons (Fsp3) is 0.240. The quantitative estimate of drug-likeness (QED) is 0.621. The summed E-state index contributed by atoms with van der Waals surface area (Å²) in [7, 11) is 3.34. The lowest BCUT2D eigenvalue weighted by molar-refractivity contribution is 0.0744. The average molecular weight is 431 g/mol. The first-order chi connectivity index (χ1) is 15.6. The van der Waals surface area contributed by atoms with Crippen LogP contribution in [0.5, 0.6) is 5.75 Å².